The molecule has 0 unspecified atom stereocenters. The van der Waals surface area contributed by atoms with E-state index in [4.69, 9.17) is 15.2 Å². The van der Waals surface area contributed by atoms with Gasteiger partial charge in [-0.05, 0) is 61.7 Å². The van der Waals surface area contributed by atoms with Crippen molar-refractivity contribution in [1.29, 1.82) is 0 Å². The Kier molecular flexibility index (Phi) is 10.8. The van der Waals surface area contributed by atoms with E-state index in [0.29, 0.717) is 74.8 Å². The van der Waals surface area contributed by atoms with E-state index in [9.17, 15) is 19.5 Å². The number of nitrogens with one attached hydrogen (secondary N) is 1. The Labute approximate surface area is 361 Å². The highest BCUT2D eigenvalue weighted by atomic mass is 16.5. The van der Waals surface area contributed by atoms with Gasteiger partial charge in [-0.3, -0.25) is 24.6 Å². The van der Waals surface area contributed by atoms with Gasteiger partial charge in [0.25, 0.3) is 0 Å². The number of hydrogen-bond donors (Lipinski definition) is 3. The van der Waals surface area contributed by atoms with Crippen LogP contribution >= 0.6 is 0 Å². The van der Waals surface area contributed by atoms with Crippen LogP contribution < -0.4 is 40.1 Å². The van der Waals surface area contributed by atoms with Crippen LogP contribution in [0.5, 0.6) is 17.2 Å². The summed E-state index contributed by atoms with van der Waals surface area (Å²) in [6, 6.07) is 23.8. The fourth-order valence-electron chi connectivity index (χ4n) is 10.4. The van der Waals surface area contributed by atoms with Crippen molar-refractivity contribution in [2.75, 3.05) is 97.4 Å². The molecule has 2 bridgehead atoms. The molecule has 3 aromatic carbocycles. The number of hydrogen-bond acceptors (Lipinski definition) is 14. The number of nitrogens with zero attached hydrogens (tertiary/aromatic N) is 8. The molecule has 0 spiro atoms. The van der Waals surface area contributed by atoms with Crippen molar-refractivity contribution in [3.05, 3.63) is 72.8 Å². The second kappa shape index (κ2) is 16.9. The average molecular weight is 843 g/mol. The number of benzene rings is 3. The summed E-state index contributed by atoms with van der Waals surface area (Å²) in [6.45, 7) is 7.44. The maximum Gasteiger partial charge on any atom is 0.249 e. The Balaban J connectivity index is 0.703. The number of ether oxygens (including phenoxy) is 2. The van der Waals surface area contributed by atoms with E-state index >= 15 is 0 Å². The van der Waals surface area contributed by atoms with E-state index in [1.54, 1.807) is 12.1 Å². The van der Waals surface area contributed by atoms with Crippen LogP contribution in [0.4, 0.5) is 28.6 Å². The van der Waals surface area contributed by atoms with Crippen LogP contribution in [-0.2, 0) is 14.4 Å². The van der Waals surface area contributed by atoms with Gasteiger partial charge in [-0.15, -0.1) is 10.2 Å². The molecule has 5 saturated heterocycles. The maximum absolute atomic E-state index is 13.5. The van der Waals surface area contributed by atoms with Crippen molar-refractivity contribution < 1.29 is 29.0 Å². The lowest BCUT2D eigenvalue weighted by Crippen LogP contribution is -2.54. The standard InChI is InChI=1S/C46H54N10O6/c47-45-40(26-36(49-50-45)35-7-1-2-10-41(35)57)54-27-31-11-12-32(28-54)56(31)30-5-3-6-34(25-30)62-33-15-17-53(18-16-33)43(59)29-51-19-21-52(22-20-51)37-8-4-9-38-44(37)61-24-23-55(38)39-13-14-42(58)48-46(39)60/h1-10,25-26,31-33,39,57H,11-24,27-29H2,(H2,47,50)(H,48,58,60)/t31-,32+,39-/m1/s1. The van der Waals surface area contributed by atoms with E-state index < -0.39 is 6.04 Å². The number of piperazine rings is 2. The molecule has 6 aliphatic rings. The number of amides is 3. The molecule has 0 radical (unpaired) electrons. The number of imide groups is 1. The van der Waals surface area contributed by atoms with Crippen LogP contribution in [0.1, 0.15) is 38.5 Å². The van der Waals surface area contributed by atoms with Crippen molar-refractivity contribution in [2.24, 2.45) is 0 Å². The largest absolute Gasteiger partial charge is 0.507 e. The molecule has 6 aliphatic heterocycles. The summed E-state index contributed by atoms with van der Waals surface area (Å²) in [5.41, 5.74) is 11.5. The number of para-hydroxylation sites is 2. The van der Waals surface area contributed by atoms with Gasteiger partial charge in [0.1, 0.15) is 30.3 Å². The molecule has 4 aromatic rings. The van der Waals surface area contributed by atoms with Gasteiger partial charge in [-0.1, -0.05) is 24.3 Å². The molecule has 62 heavy (non-hydrogen) atoms. The molecule has 1 aromatic heterocycles. The molecule has 3 amide bonds. The third kappa shape index (κ3) is 7.87. The van der Waals surface area contributed by atoms with Gasteiger partial charge in [0.15, 0.2) is 11.6 Å². The summed E-state index contributed by atoms with van der Waals surface area (Å²) in [5, 5.41) is 21.5. The van der Waals surface area contributed by atoms with Crippen LogP contribution in [-0.4, -0.2) is 139 Å². The molecule has 5 fully saturated rings. The number of piperidine rings is 2. The number of fused-ring (bicyclic) bond motifs is 3. The number of rotatable bonds is 9. The first-order valence-electron chi connectivity index (χ1n) is 22.1. The van der Waals surface area contributed by atoms with Gasteiger partial charge in [-0.25, -0.2) is 0 Å². The fraction of sp³-hybridized carbons (Fsp3) is 0.457. The van der Waals surface area contributed by atoms with Gasteiger partial charge in [-0.2, -0.15) is 0 Å². The number of carbonyl (C=O) groups excluding carboxylic acids is 3. The highest BCUT2D eigenvalue weighted by Crippen LogP contribution is 2.43. The molecule has 0 aliphatic carbocycles. The number of anilines is 5. The first-order valence-corrected chi connectivity index (χ1v) is 22.1. The average Bonchev–Trinajstić information content (AvgIpc) is 3.55. The number of likely N-dealkylation sites (tertiary alicyclic amines) is 1. The number of nitrogen functional groups attached to an aromatic ring is 1. The van der Waals surface area contributed by atoms with Gasteiger partial charge in [0.2, 0.25) is 17.7 Å². The second-order valence-electron chi connectivity index (χ2n) is 17.3. The Morgan fingerprint density at radius 1 is 0.806 bits per heavy atom. The molecule has 7 heterocycles. The number of nitrogens with two attached hydrogens (primary N) is 1. The topological polar surface area (TPSA) is 173 Å². The Hall–Kier alpha value is -6.29. The lowest BCUT2D eigenvalue weighted by atomic mass is 10.0. The molecule has 324 valence electrons. The first-order chi connectivity index (χ1) is 30.3. The number of aromatic hydroxyl groups is 1. The minimum atomic E-state index is -0.392. The first kappa shape index (κ1) is 39.8. The molecule has 3 atom stereocenters. The SMILES string of the molecule is Nc1nnc(-c2ccccc2O)cc1N1C[C@H]2CC[C@@H](C1)N2c1cccc(OC2CCN(C(=O)CN3CCN(c4cccc5c4OCCN5[C@@H]4CCC(=O)NC4=O)CC3)CC2)c1. The molecule has 16 nitrogen and oxygen atoms in total. The lowest BCUT2D eigenvalue weighted by Gasteiger charge is -2.43. The highest BCUT2D eigenvalue weighted by Gasteiger charge is 2.41. The van der Waals surface area contributed by atoms with Gasteiger partial charge >= 0.3 is 0 Å². The van der Waals surface area contributed by atoms with Crippen molar-refractivity contribution in [3.8, 4) is 28.5 Å². The van der Waals surface area contributed by atoms with E-state index in [-0.39, 0.29) is 29.6 Å². The van der Waals surface area contributed by atoms with Gasteiger partial charge in [0.05, 0.1) is 35.8 Å². The summed E-state index contributed by atoms with van der Waals surface area (Å²) >= 11 is 0. The van der Waals surface area contributed by atoms with Crippen LogP contribution in [0.15, 0.2) is 72.8 Å². The third-order valence-corrected chi connectivity index (χ3v) is 13.5. The summed E-state index contributed by atoms with van der Waals surface area (Å²) in [7, 11) is 0. The fourth-order valence-corrected chi connectivity index (χ4v) is 10.4. The second-order valence-corrected chi connectivity index (χ2v) is 17.3. The predicted molar refractivity (Wildman–Crippen MR) is 236 cm³/mol. The quantitative estimate of drug-likeness (QED) is 0.209. The summed E-state index contributed by atoms with van der Waals surface area (Å²) in [6.07, 6.45) is 4.60. The number of carbonyl (C=O) groups is 3. The number of aromatic nitrogens is 2. The smallest absolute Gasteiger partial charge is 0.249 e. The molecule has 16 heteroatoms. The van der Waals surface area contributed by atoms with Crippen molar-refractivity contribution >= 4 is 46.3 Å². The molecule has 10 rings (SSSR count). The Bertz CT molecular complexity index is 2320. The van der Waals surface area contributed by atoms with E-state index in [2.05, 4.69) is 64.3 Å². The van der Waals surface area contributed by atoms with Crippen LogP contribution in [0.2, 0.25) is 0 Å². The molecule has 4 N–H and O–H groups in total. The van der Waals surface area contributed by atoms with E-state index in [1.807, 2.05) is 41.3 Å². The monoisotopic (exact) mass is 842 g/mol. The zero-order valence-corrected chi connectivity index (χ0v) is 34.9. The Morgan fingerprint density at radius 2 is 1.56 bits per heavy atom. The zero-order valence-electron chi connectivity index (χ0n) is 34.9. The van der Waals surface area contributed by atoms with Crippen molar-refractivity contribution in [1.82, 2.24) is 25.3 Å². The normalized spacial score (nSPS) is 23.2. The highest BCUT2D eigenvalue weighted by molar-refractivity contribution is 6.02. The van der Waals surface area contributed by atoms with Gasteiger partial charge < -0.3 is 44.8 Å². The van der Waals surface area contributed by atoms with Gasteiger partial charge in [0, 0.05) is 101 Å². The van der Waals surface area contributed by atoms with Crippen LogP contribution in [0.3, 0.4) is 0 Å². The third-order valence-electron chi connectivity index (χ3n) is 13.5. The summed E-state index contributed by atoms with van der Waals surface area (Å²) in [5.74, 6) is 1.88. The summed E-state index contributed by atoms with van der Waals surface area (Å²) < 4.78 is 12.8. The lowest BCUT2D eigenvalue weighted by molar-refractivity contribution is -0.135. The molecular weight excluding hydrogens is 789 g/mol. The van der Waals surface area contributed by atoms with Crippen molar-refractivity contribution in [3.63, 3.8) is 0 Å². The zero-order chi connectivity index (χ0) is 42.3. The maximum atomic E-state index is 13.5. The van der Waals surface area contributed by atoms with E-state index in [1.165, 1.54) is 0 Å². The summed E-state index contributed by atoms with van der Waals surface area (Å²) in [4.78, 5) is 51.5. The van der Waals surface area contributed by atoms with Crippen LogP contribution in [0.25, 0.3) is 11.3 Å². The molecular formula is C46H54N10O6. The Morgan fingerprint density at radius 3 is 2.34 bits per heavy atom. The molecule has 0 saturated carbocycles. The minimum absolute atomic E-state index is 0.0387. The number of phenolic OH excluding ortho intramolecular Hbond substituents is 1. The number of phenols is 1. The van der Waals surface area contributed by atoms with E-state index in [0.717, 1.165) is 99.2 Å². The minimum Gasteiger partial charge on any atom is -0.507 e. The van der Waals surface area contributed by atoms with Crippen LogP contribution in [0, 0.1) is 0 Å². The predicted octanol–water partition coefficient (Wildman–Crippen LogP) is 3.49. The van der Waals surface area contributed by atoms with Crippen molar-refractivity contribution in [2.45, 2.75) is 62.8 Å².